The molecule has 2 saturated heterocycles. The quantitative estimate of drug-likeness (QED) is 0.331. The van der Waals surface area contributed by atoms with Crippen molar-refractivity contribution in [1.29, 1.82) is 0 Å². The number of aromatic nitrogens is 2. The highest BCUT2D eigenvalue weighted by molar-refractivity contribution is 8.77. The van der Waals surface area contributed by atoms with Gasteiger partial charge in [-0.2, -0.15) is 4.98 Å². The number of ether oxygens (including phenoxy) is 1. The number of rotatable bonds is 7. The molecule has 0 amide bonds. The zero-order valence-corrected chi connectivity index (χ0v) is 22.8. The van der Waals surface area contributed by atoms with E-state index < -0.39 is 37.6 Å². The van der Waals surface area contributed by atoms with Gasteiger partial charge in [-0.05, 0) is 38.0 Å². The Morgan fingerprint density at radius 2 is 2.06 bits per heavy atom. The van der Waals surface area contributed by atoms with Gasteiger partial charge in [-0.3, -0.25) is 18.1 Å². The molecule has 0 spiro atoms. The van der Waals surface area contributed by atoms with Crippen LogP contribution in [0.3, 0.4) is 0 Å². The molecule has 192 valence electrons. The van der Waals surface area contributed by atoms with Gasteiger partial charge in [0.1, 0.15) is 12.2 Å². The van der Waals surface area contributed by atoms with Crippen LogP contribution in [0.4, 0.5) is 4.39 Å². The van der Waals surface area contributed by atoms with E-state index in [2.05, 4.69) is 25.8 Å². The molecule has 1 unspecified atom stereocenters. The summed E-state index contributed by atoms with van der Waals surface area (Å²) >= 11 is 0. The van der Waals surface area contributed by atoms with Crippen LogP contribution in [0.2, 0.25) is 0 Å². The maximum absolute atomic E-state index is 15.9. The summed E-state index contributed by atoms with van der Waals surface area (Å²) in [6.07, 6.45) is -1.46. The highest BCUT2D eigenvalue weighted by Gasteiger charge is 2.61. The summed E-state index contributed by atoms with van der Waals surface area (Å²) in [7, 11) is -0.589. The van der Waals surface area contributed by atoms with Gasteiger partial charge in [-0.1, -0.05) is 60.6 Å². The van der Waals surface area contributed by atoms with Gasteiger partial charge in [0, 0.05) is 21.5 Å². The number of aryl methyl sites for hydroxylation is 1. The Kier molecular flexibility index (Phi) is 7.89. The van der Waals surface area contributed by atoms with Gasteiger partial charge in [-0.15, -0.1) is 0 Å². The van der Waals surface area contributed by atoms with Crippen molar-refractivity contribution in [3.05, 3.63) is 58.3 Å². The molecule has 2 fully saturated rings. The van der Waals surface area contributed by atoms with E-state index in [-0.39, 0.29) is 18.0 Å². The van der Waals surface area contributed by atoms with Crippen LogP contribution in [-0.4, -0.2) is 45.4 Å². The molecule has 0 aliphatic carbocycles. The summed E-state index contributed by atoms with van der Waals surface area (Å²) in [5, 5.41) is 0. The predicted molar refractivity (Wildman–Crippen MR) is 134 cm³/mol. The lowest BCUT2D eigenvalue weighted by Crippen LogP contribution is -2.46. The molecule has 0 bridgehead atoms. The van der Waals surface area contributed by atoms with E-state index in [4.69, 9.17) is 18.3 Å². The summed E-state index contributed by atoms with van der Waals surface area (Å²) < 4.78 is 52.4. The highest BCUT2D eigenvalue weighted by Crippen LogP contribution is 2.59. The molecule has 2 aromatic rings. The normalized spacial score (nSPS) is 30.9. The third kappa shape index (κ3) is 6.21. The van der Waals surface area contributed by atoms with Crippen LogP contribution in [0.1, 0.15) is 45.2 Å². The molecule has 1 aromatic carbocycles. The third-order valence-corrected chi connectivity index (χ3v) is 10.4. The lowest BCUT2D eigenvalue weighted by molar-refractivity contribution is -0.0724. The first-order chi connectivity index (χ1) is 16.4. The van der Waals surface area contributed by atoms with Gasteiger partial charge >= 0.3 is 13.5 Å². The van der Waals surface area contributed by atoms with Crippen LogP contribution >= 0.6 is 29.4 Å². The second kappa shape index (κ2) is 10.3. The Bertz CT molecular complexity index is 1170. The fraction of sp³-hybridized carbons (Fsp3) is 0.565. The molecule has 35 heavy (non-hydrogen) atoms. The van der Waals surface area contributed by atoms with E-state index in [1.165, 1.54) is 13.1 Å². The lowest BCUT2D eigenvalue weighted by atomic mass is 9.98. The Morgan fingerprint density at radius 1 is 1.31 bits per heavy atom. The van der Waals surface area contributed by atoms with E-state index in [0.29, 0.717) is 12.1 Å². The summed E-state index contributed by atoms with van der Waals surface area (Å²) in [6, 6.07) is 9.52. The Balaban J connectivity index is 1.41. The highest BCUT2D eigenvalue weighted by atomic mass is 33.1. The van der Waals surface area contributed by atoms with Crippen LogP contribution in [0.5, 0.6) is 0 Å². The summed E-state index contributed by atoms with van der Waals surface area (Å²) in [6.45, 7) is 9.26. The van der Waals surface area contributed by atoms with E-state index in [9.17, 15) is 9.36 Å². The minimum Gasteiger partial charge on any atom is -0.346 e. The molecule has 4 rings (SSSR count). The number of nitrogens with zero attached hydrogens (tertiary/aromatic N) is 2. The molecule has 0 saturated carbocycles. The largest absolute Gasteiger partial charge is 0.475 e. The maximum Gasteiger partial charge on any atom is 0.475 e. The predicted octanol–water partition coefficient (Wildman–Crippen LogP) is 5.50. The number of hydrogen-bond donors (Lipinski definition) is 0. The number of phosphoric ester groups is 1. The van der Waals surface area contributed by atoms with Crippen molar-refractivity contribution in [2.45, 2.75) is 74.8 Å². The fourth-order valence-corrected chi connectivity index (χ4v) is 7.54. The average Bonchev–Trinajstić information content (AvgIpc) is 3.02. The monoisotopic (exact) mass is 544 g/mol. The zero-order valence-electron chi connectivity index (χ0n) is 20.3. The first kappa shape index (κ1) is 26.9. The SMILES string of the molecule is Cc1ccn([C@@H]2O[C@@H]3COP(=O)(OCCc4ccccc4SSC(C)(C)C)O[C@H]3[C@@]2(C)F)c(=O)n1. The first-order valence-corrected chi connectivity index (χ1v) is 14.9. The number of fused-ring (bicyclic) bond motifs is 1. The second-order valence-electron chi connectivity index (χ2n) is 9.68. The number of alkyl halides is 1. The van der Waals surface area contributed by atoms with Crippen molar-refractivity contribution in [2.75, 3.05) is 13.2 Å². The fourth-order valence-electron chi connectivity index (χ4n) is 3.82. The maximum atomic E-state index is 15.9. The molecular weight excluding hydrogens is 514 g/mol. The van der Waals surface area contributed by atoms with Crippen LogP contribution in [0.25, 0.3) is 0 Å². The lowest BCUT2D eigenvalue weighted by Gasteiger charge is -2.33. The molecule has 0 N–H and O–H groups in total. The third-order valence-electron chi connectivity index (χ3n) is 5.52. The van der Waals surface area contributed by atoms with Crippen molar-refractivity contribution in [3.8, 4) is 0 Å². The van der Waals surface area contributed by atoms with Gasteiger partial charge in [0.05, 0.1) is 13.2 Å². The molecule has 2 aliphatic heterocycles. The van der Waals surface area contributed by atoms with Crippen LogP contribution in [0, 0.1) is 6.92 Å². The molecule has 12 heteroatoms. The van der Waals surface area contributed by atoms with Crippen molar-refractivity contribution < 1.29 is 27.3 Å². The van der Waals surface area contributed by atoms with E-state index in [1.54, 1.807) is 34.6 Å². The average molecular weight is 545 g/mol. The molecule has 0 radical (unpaired) electrons. The molecular formula is C23H30FN2O6PS2. The molecule has 2 aliphatic rings. The summed E-state index contributed by atoms with van der Waals surface area (Å²) in [4.78, 5) is 17.2. The van der Waals surface area contributed by atoms with Crippen molar-refractivity contribution in [3.63, 3.8) is 0 Å². The van der Waals surface area contributed by atoms with Crippen molar-refractivity contribution in [1.82, 2.24) is 9.55 Å². The molecule has 5 atom stereocenters. The van der Waals surface area contributed by atoms with Gasteiger partial charge in [0.15, 0.2) is 11.9 Å². The summed E-state index contributed by atoms with van der Waals surface area (Å²) in [5.74, 6) is 0. The van der Waals surface area contributed by atoms with E-state index in [1.807, 2.05) is 24.3 Å². The minimum atomic E-state index is -4.03. The molecule has 3 heterocycles. The Hall–Kier alpha value is -1.20. The van der Waals surface area contributed by atoms with Gasteiger partial charge in [0.25, 0.3) is 0 Å². The van der Waals surface area contributed by atoms with Crippen LogP contribution in [-0.2, 0) is 29.3 Å². The topological polar surface area (TPSA) is 88.9 Å². The van der Waals surface area contributed by atoms with E-state index >= 15 is 4.39 Å². The van der Waals surface area contributed by atoms with Crippen molar-refractivity contribution in [2.24, 2.45) is 0 Å². The minimum absolute atomic E-state index is 0.0705. The van der Waals surface area contributed by atoms with Crippen LogP contribution < -0.4 is 5.69 Å². The number of halogens is 1. The number of phosphoric acid groups is 1. The first-order valence-electron chi connectivity index (χ1n) is 11.3. The Labute approximate surface area is 212 Å². The van der Waals surface area contributed by atoms with Gasteiger partial charge in [-0.25, -0.2) is 13.8 Å². The molecule has 8 nitrogen and oxygen atoms in total. The smallest absolute Gasteiger partial charge is 0.346 e. The van der Waals surface area contributed by atoms with Crippen molar-refractivity contribution >= 4 is 29.4 Å². The summed E-state index contributed by atoms with van der Waals surface area (Å²) in [5.41, 5.74) is -1.25. The Morgan fingerprint density at radius 3 is 2.77 bits per heavy atom. The molecule has 1 aromatic heterocycles. The van der Waals surface area contributed by atoms with Crippen LogP contribution in [0.15, 0.2) is 46.2 Å². The van der Waals surface area contributed by atoms with Gasteiger partial charge < -0.3 is 4.74 Å². The number of benzene rings is 1. The zero-order chi connectivity index (χ0) is 25.4. The van der Waals surface area contributed by atoms with Gasteiger partial charge in [0.2, 0.25) is 0 Å². The number of hydrogen-bond acceptors (Lipinski definition) is 9. The standard InChI is InChI=1S/C23H30FN2O6PS2/c1-15-10-12-26(21(27)25-15)20-23(5,24)19-17(31-20)14-30-33(28,32-19)29-13-11-16-8-6-7-9-18(16)34-35-22(2,3)4/h6-10,12,17,19-20H,11,13-14H2,1-5H3/t17-,19-,20-,23-,33?/m1/s1. The van der Waals surface area contributed by atoms with E-state index in [0.717, 1.165) is 15.0 Å². The second-order valence-corrected chi connectivity index (χ2v) is 14.3.